The van der Waals surface area contributed by atoms with Crippen molar-refractivity contribution in [2.24, 2.45) is 5.92 Å². The minimum Gasteiger partial charge on any atom is -0.497 e. The van der Waals surface area contributed by atoms with Crippen molar-refractivity contribution in [3.63, 3.8) is 0 Å². The summed E-state index contributed by atoms with van der Waals surface area (Å²) in [7, 11) is 1.64. The van der Waals surface area contributed by atoms with Gasteiger partial charge < -0.3 is 10.1 Å². The van der Waals surface area contributed by atoms with Gasteiger partial charge in [0.1, 0.15) is 11.6 Å². The van der Waals surface area contributed by atoms with Gasteiger partial charge in [-0.2, -0.15) is 0 Å². The van der Waals surface area contributed by atoms with Crippen LogP contribution in [0.15, 0.2) is 39.9 Å². The zero-order chi connectivity index (χ0) is 17.3. The van der Waals surface area contributed by atoms with Crippen molar-refractivity contribution in [3.05, 3.63) is 56.7 Å². The van der Waals surface area contributed by atoms with Crippen LogP contribution < -0.4 is 21.3 Å². The van der Waals surface area contributed by atoms with Crippen molar-refractivity contribution in [2.75, 3.05) is 12.4 Å². The molecule has 1 aromatic carbocycles. The fraction of sp³-hybridized carbons (Fsp3) is 0.444. The second-order valence-corrected chi connectivity index (χ2v) is 6.53. The third kappa shape index (κ3) is 3.37. The van der Waals surface area contributed by atoms with E-state index < -0.39 is 0 Å². The highest BCUT2D eigenvalue weighted by molar-refractivity contribution is 5.40. The van der Waals surface area contributed by atoms with Crippen LogP contribution in [0.2, 0.25) is 0 Å². The minimum absolute atomic E-state index is 0.0463. The Bertz CT molecular complexity index is 803. The Morgan fingerprint density at radius 3 is 2.58 bits per heavy atom. The molecule has 0 spiro atoms. The van der Waals surface area contributed by atoms with Gasteiger partial charge in [-0.25, -0.2) is 4.79 Å². The molecule has 0 bridgehead atoms. The lowest BCUT2D eigenvalue weighted by atomic mass is 10.0. The van der Waals surface area contributed by atoms with Crippen molar-refractivity contribution in [1.29, 1.82) is 0 Å². The average Bonchev–Trinajstić information content (AvgIpc) is 3.36. The van der Waals surface area contributed by atoms with E-state index in [4.69, 9.17) is 4.74 Å². The number of nitrogens with zero attached hydrogens (tertiary/aromatic N) is 1. The monoisotopic (exact) mass is 329 g/mol. The number of benzene rings is 1. The first-order valence-corrected chi connectivity index (χ1v) is 8.26. The molecule has 1 aliphatic carbocycles. The summed E-state index contributed by atoms with van der Waals surface area (Å²) < 4.78 is 6.51. The average molecular weight is 329 g/mol. The van der Waals surface area contributed by atoms with Crippen molar-refractivity contribution in [2.45, 2.75) is 38.8 Å². The van der Waals surface area contributed by atoms with Gasteiger partial charge in [-0.05, 0) is 50.3 Å². The molecule has 3 rings (SSSR count). The summed E-state index contributed by atoms with van der Waals surface area (Å²) in [6.45, 7) is 3.62. The first-order valence-electron chi connectivity index (χ1n) is 8.26. The van der Waals surface area contributed by atoms with E-state index in [2.05, 4.69) is 10.3 Å². The second kappa shape index (κ2) is 6.55. The maximum Gasteiger partial charge on any atom is 0.330 e. The molecule has 1 atom stereocenters. The molecule has 1 aromatic heterocycles. The van der Waals surface area contributed by atoms with Gasteiger partial charge >= 0.3 is 5.69 Å². The second-order valence-electron chi connectivity index (χ2n) is 6.53. The Balaban J connectivity index is 1.92. The Morgan fingerprint density at radius 1 is 1.25 bits per heavy atom. The number of aromatic amines is 1. The number of H-pyrrole nitrogens is 1. The number of ether oxygens (including phenoxy) is 1. The number of hydrogen-bond donors (Lipinski definition) is 2. The summed E-state index contributed by atoms with van der Waals surface area (Å²) in [6.07, 6.45) is 2.25. The van der Waals surface area contributed by atoms with Gasteiger partial charge in [0, 0.05) is 12.1 Å². The van der Waals surface area contributed by atoms with Crippen molar-refractivity contribution >= 4 is 5.82 Å². The van der Waals surface area contributed by atoms with Crippen LogP contribution >= 0.6 is 0 Å². The number of rotatable bonds is 6. The zero-order valence-electron chi connectivity index (χ0n) is 14.2. The largest absolute Gasteiger partial charge is 0.497 e. The smallest absolute Gasteiger partial charge is 0.330 e. The van der Waals surface area contributed by atoms with E-state index in [1.165, 1.54) is 10.6 Å². The van der Waals surface area contributed by atoms with Crippen molar-refractivity contribution < 1.29 is 4.74 Å². The van der Waals surface area contributed by atoms with E-state index in [0.717, 1.165) is 24.2 Å². The topological polar surface area (TPSA) is 76.1 Å². The Kier molecular flexibility index (Phi) is 4.46. The number of nitrogens with one attached hydrogen (secondary N) is 2. The van der Waals surface area contributed by atoms with Crippen LogP contribution in [0.5, 0.6) is 5.75 Å². The molecule has 1 heterocycles. The number of aromatic nitrogens is 2. The molecule has 6 nitrogen and oxygen atoms in total. The van der Waals surface area contributed by atoms with E-state index in [9.17, 15) is 9.59 Å². The van der Waals surface area contributed by atoms with Crippen LogP contribution in [0.3, 0.4) is 0 Å². The summed E-state index contributed by atoms with van der Waals surface area (Å²) in [6, 6.07) is 9.20. The highest BCUT2D eigenvalue weighted by atomic mass is 16.5. The highest BCUT2D eigenvalue weighted by Crippen LogP contribution is 2.43. The van der Waals surface area contributed by atoms with E-state index in [-0.39, 0.29) is 23.3 Å². The number of anilines is 1. The van der Waals surface area contributed by atoms with Gasteiger partial charge in [-0.1, -0.05) is 12.1 Å². The normalized spacial score (nSPS) is 15.3. The third-order valence-electron chi connectivity index (χ3n) is 4.34. The molecular weight excluding hydrogens is 306 g/mol. The van der Waals surface area contributed by atoms with Gasteiger partial charge in [-0.15, -0.1) is 0 Å². The van der Waals surface area contributed by atoms with Crippen LogP contribution in [-0.2, 0) is 0 Å². The third-order valence-corrected chi connectivity index (χ3v) is 4.34. The quantitative estimate of drug-likeness (QED) is 0.854. The van der Waals surface area contributed by atoms with Crippen LogP contribution in [0.4, 0.5) is 5.82 Å². The van der Waals surface area contributed by atoms with Gasteiger partial charge in [0.15, 0.2) is 0 Å². The minimum atomic E-state index is -0.389. The number of hydrogen-bond acceptors (Lipinski definition) is 4. The molecule has 0 aliphatic heterocycles. The molecule has 0 saturated heterocycles. The van der Waals surface area contributed by atoms with E-state index in [1.807, 2.05) is 38.1 Å². The molecule has 128 valence electrons. The standard InChI is InChI=1S/C18H23N3O3/c1-11(2)21-16(22)10-15(20-18(21)23)19-17(12-7-8-12)13-5-4-6-14(9-13)24-3/h4-6,9-12,17,19H,7-8H2,1-3H3,(H,20,23)/t17-/m0/s1. The SMILES string of the molecule is COc1cccc([C@@H](Nc2cc(=O)n(C(C)C)c(=O)[nH]2)C2CC2)c1. The Labute approximate surface area is 140 Å². The van der Waals surface area contributed by atoms with Gasteiger partial charge in [0.25, 0.3) is 5.56 Å². The number of methoxy groups -OCH3 is 1. The molecule has 0 radical (unpaired) electrons. The van der Waals surface area contributed by atoms with Crippen molar-refractivity contribution in [1.82, 2.24) is 9.55 Å². The molecule has 0 amide bonds. The summed E-state index contributed by atoms with van der Waals surface area (Å²) >= 11 is 0. The lowest BCUT2D eigenvalue weighted by molar-refractivity contribution is 0.413. The molecular formula is C18H23N3O3. The fourth-order valence-electron chi connectivity index (χ4n) is 2.98. The first-order chi connectivity index (χ1) is 11.5. The molecule has 1 aliphatic rings. The van der Waals surface area contributed by atoms with Crippen molar-refractivity contribution in [3.8, 4) is 5.75 Å². The Hall–Kier alpha value is -2.50. The van der Waals surface area contributed by atoms with E-state index >= 15 is 0 Å². The maximum absolute atomic E-state index is 12.2. The molecule has 2 aromatic rings. The van der Waals surface area contributed by atoms with E-state index in [1.54, 1.807) is 7.11 Å². The van der Waals surface area contributed by atoms with Gasteiger partial charge in [-0.3, -0.25) is 14.3 Å². The fourth-order valence-corrected chi connectivity index (χ4v) is 2.98. The van der Waals surface area contributed by atoms with Crippen LogP contribution in [0.1, 0.15) is 44.3 Å². The predicted octanol–water partition coefficient (Wildman–Crippen LogP) is 2.69. The molecule has 6 heteroatoms. The highest BCUT2D eigenvalue weighted by Gasteiger charge is 2.32. The van der Waals surface area contributed by atoms with Crippen LogP contribution in [0, 0.1) is 5.92 Å². The van der Waals surface area contributed by atoms with Crippen LogP contribution in [0.25, 0.3) is 0 Å². The van der Waals surface area contributed by atoms with Gasteiger partial charge in [0.2, 0.25) is 0 Å². The summed E-state index contributed by atoms with van der Waals surface area (Å²) in [5.74, 6) is 1.75. The molecule has 1 fully saturated rings. The van der Waals surface area contributed by atoms with Gasteiger partial charge in [0.05, 0.1) is 13.2 Å². The predicted molar refractivity (Wildman–Crippen MR) is 93.8 cm³/mol. The lowest BCUT2D eigenvalue weighted by Crippen LogP contribution is -2.36. The lowest BCUT2D eigenvalue weighted by Gasteiger charge is -2.21. The zero-order valence-corrected chi connectivity index (χ0v) is 14.2. The molecule has 24 heavy (non-hydrogen) atoms. The van der Waals surface area contributed by atoms with E-state index in [0.29, 0.717) is 11.7 Å². The Morgan fingerprint density at radius 2 is 2.00 bits per heavy atom. The maximum atomic E-state index is 12.2. The van der Waals surface area contributed by atoms with Crippen LogP contribution in [-0.4, -0.2) is 16.7 Å². The first kappa shape index (κ1) is 16.4. The molecule has 0 unspecified atom stereocenters. The summed E-state index contributed by atoms with van der Waals surface area (Å²) in [4.78, 5) is 27.1. The molecule has 2 N–H and O–H groups in total. The molecule has 1 saturated carbocycles. The summed E-state index contributed by atoms with van der Waals surface area (Å²) in [5, 5.41) is 3.33. The summed E-state index contributed by atoms with van der Waals surface area (Å²) in [5.41, 5.74) is 0.405.